The van der Waals surface area contributed by atoms with Crippen molar-refractivity contribution < 1.29 is 36.5 Å². The standard InChI is InChI=1S/C19H20F3IN2O5S/c1-30-15-7-12(21)17(22)19(24-13-5-2-9(23)6-11(13)20)16(15)18(14(27)8-26)25-31(28,29)10-3-4-10/h2,5-7,10,14,18,24-27H,3-4,8H2,1H3. The number of hydrogen-bond donors (Lipinski definition) is 4. The van der Waals surface area contributed by atoms with Crippen LogP contribution in [-0.4, -0.2) is 43.7 Å². The molecule has 2 atom stereocenters. The topological polar surface area (TPSA) is 108 Å². The monoisotopic (exact) mass is 572 g/mol. The molecule has 0 amide bonds. The minimum atomic E-state index is -3.94. The molecule has 2 unspecified atom stereocenters. The molecule has 2 aromatic carbocycles. The van der Waals surface area contributed by atoms with Crippen molar-refractivity contribution in [2.75, 3.05) is 19.0 Å². The molecule has 4 N–H and O–H groups in total. The number of halogens is 4. The maximum atomic E-state index is 14.9. The van der Waals surface area contributed by atoms with Crippen LogP contribution in [0.25, 0.3) is 0 Å². The Morgan fingerprint density at radius 2 is 1.90 bits per heavy atom. The molecule has 7 nitrogen and oxygen atoms in total. The molecule has 170 valence electrons. The zero-order valence-corrected chi connectivity index (χ0v) is 19.2. The number of aliphatic hydroxyl groups is 2. The molecule has 1 saturated carbocycles. The van der Waals surface area contributed by atoms with E-state index in [4.69, 9.17) is 4.74 Å². The summed E-state index contributed by atoms with van der Waals surface area (Å²) in [4.78, 5) is 0. The van der Waals surface area contributed by atoms with Gasteiger partial charge in [-0.1, -0.05) is 0 Å². The third kappa shape index (κ3) is 5.25. The zero-order valence-electron chi connectivity index (χ0n) is 16.2. The highest BCUT2D eigenvalue weighted by atomic mass is 127. The molecule has 1 aliphatic carbocycles. The van der Waals surface area contributed by atoms with E-state index in [0.29, 0.717) is 22.5 Å². The SMILES string of the molecule is COc1cc(F)c(F)c(Nc2ccc(I)cc2F)c1C(NS(=O)(=O)C1CC1)C(O)CO. The number of benzene rings is 2. The van der Waals surface area contributed by atoms with Gasteiger partial charge < -0.3 is 20.3 Å². The van der Waals surface area contributed by atoms with Crippen molar-refractivity contribution in [2.45, 2.75) is 30.2 Å². The van der Waals surface area contributed by atoms with E-state index in [1.807, 2.05) is 22.6 Å². The van der Waals surface area contributed by atoms with Gasteiger partial charge in [0.05, 0.1) is 42.5 Å². The maximum absolute atomic E-state index is 14.9. The fourth-order valence-electron chi connectivity index (χ4n) is 3.03. The van der Waals surface area contributed by atoms with E-state index in [-0.39, 0.29) is 17.0 Å². The van der Waals surface area contributed by atoms with Crippen molar-refractivity contribution in [3.05, 3.63) is 50.9 Å². The van der Waals surface area contributed by atoms with Gasteiger partial charge in [-0.25, -0.2) is 26.3 Å². The van der Waals surface area contributed by atoms with Gasteiger partial charge in [0, 0.05) is 15.2 Å². The molecule has 1 aliphatic rings. The minimum Gasteiger partial charge on any atom is -0.496 e. The predicted octanol–water partition coefficient (Wildman–Crippen LogP) is 2.94. The molecule has 0 heterocycles. The fraction of sp³-hybridized carbons (Fsp3) is 0.368. The lowest BCUT2D eigenvalue weighted by atomic mass is 9.98. The lowest BCUT2D eigenvalue weighted by Crippen LogP contribution is -2.40. The third-order valence-electron chi connectivity index (χ3n) is 4.77. The van der Waals surface area contributed by atoms with Crippen molar-refractivity contribution in [3.8, 4) is 5.75 Å². The highest BCUT2D eigenvalue weighted by Gasteiger charge is 2.40. The van der Waals surface area contributed by atoms with Gasteiger partial charge in [-0.2, -0.15) is 0 Å². The first-order valence-electron chi connectivity index (χ1n) is 9.17. The van der Waals surface area contributed by atoms with Gasteiger partial charge in [0.25, 0.3) is 0 Å². The molecule has 31 heavy (non-hydrogen) atoms. The molecule has 12 heteroatoms. The summed E-state index contributed by atoms with van der Waals surface area (Å²) < 4.78 is 76.5. The molecule has 3 rings (SSSR count). The van der Waals surface area contributed by atoms with Gasteiger partial charge in [-0.3, -0.25) is 0 Å². The Bertz CT molecular complexity index is 1080. The first-order valence-corrected chi connectivity index (χ1v) is 11.8. The summed E-state index contributed by atoms with van der Waals surface area (Å²) in [6.07, 6.45) is -0.912. The molecule has 1 fully saturated rings. The van der Waals surface area contributed by atoms with Gasteiger partial charge in [0.15, 0.2) is 11.6 Å². The summed E-state index contributed by atoms with van der Waals surface area (Å²) >= 11 is 1.87. The van der Waals surface area contributed by atoms with Crippen molar-refractivity contribution in [3.63, 3.8) is 0 Å². The molecule has 0 spiro atoms. The van der Waals surface area contributed by atoms with Gasteiger partial charge in [0.1, 0.15) is 11.6 Å². The molecule has 2 aromatic rings. The average Bonchev–Trinajstić information content (AvgIpc) is 3.57. The highest BCUT2D eigenvalue weighted by Crippen LogP contribution is 2.41. The summed E-state index contributed by atoms with van der Waals surface area (Å²) in [5.74, 6) is -3.84. The summed E-state index contributed by atoms with van der Waals surface area (Å²) in [6, 6.07) is 3.06. The molecular weight excluding hydrogens is 552 g/mol. The highest BCUT2D eigenvalue weighted by molar-refractivity contribution is 14.1. The number of ether oxygens (including phenoxy) is 1. The van der Waals surface area contributed by atoms with Crippen molar-refractivity contribution in [1.29, 1.82) is 0 Å². The second kappa shape index (κ2) is 9.48. The van der Waals surface area contributed by atoms with Crippen LogP contribution < -0.4 is 14.8 Å². The Hall–Kier alpha value is -1.61. The summed E-state index contributed by atoms with van der Waals surface area (Å²) in [6.45, 7) is -0.892. The van der Waals surface area contributed by atoms with E-state index >= 15 is 0 Å². The predicted molar refractivity (Wildman–Crippen MR) is 116 cm³/mol. The minimum absolute atomic E-state index is 0.212. The Kier molecular flexibility index (Phi) is 7.35. The van der Waals surface area contributed by atoms with Crippen LogP contribution in [0.5, 0.6) is 5.75 Å². The lowest BCUT2D eigenvalue weighted by molar-refractivity contribution is 0.0686. The smallest absolute Gasteiger partial charge is 0.215 e. The first-order chi connectivity index (χ1) is 14.6. The lowest BCUT2D eigenvalue weighted by Gasteiger charge is -2.28. The Balaban J connectivity index is 2.18. The van der Waals surface area contributed by atoms with Crippen LogP contribution in [0.3, 0.4) is 0 Å². The third-order valence-corrected chi connectivity index (χ3v) is 7.37. The van der Waals surface area contributed by atoms with Gasteiger partial charge in [0.2, 0.25) is 10.0 Å². The van der Waals surface area contributed by atoms with Crippen molar-refractivity contribution in [2.24, 2.45) is 0 Å². The van der Waals surface area contributed by atoms with Crippen molar-refractivity contribution in [1.82, 2.24) is 4.72 Å². The van der Waals surface area contributed by atoms with E-state index in [0.717, 1.165) is 13.2 Å². The Labute approximate surface area is 190 Å². The summed E-state index contributed by atoms with van der Waals surface area (Å²) in [5, 5.41) is 21.6. The van der Waals surface area contributed by atoms with Crippen LogP contribution in [0, 0.1) is 21.0 Å². The largest absolute Gasteiger partial charge is 0.496 e. The van der Waals surface area contributed by atoms with Gasteiger partial charge in [-0.05, 0) is 53.6 Å². The number of sulfonamides is 1. The van der Waals surface area contributed by atoms with Gasteiger partial charge >= 0.3 is 0 Å². The van der Waals surface area contributed by atoms with E-state index in [1.165, 1.54) is 12.1 Å². The average molecular weight is 572 g/mol. The number of nitrogens with one attached hydrogen (secondary N) is 2. The molecular formula is C19H20F3IN2O5S. The summed E-state index contributed by atoms with van der Waals surface area (Å²) in [5.41, 5.74) is -1.16. The molecule has 0 saturated heterocycles. The number of rotatable bonds is 9. The molecule has 0 radical (unpaired) electrons. The van der Waals surface area contributed by atoms with E-state index in [9.17, 15) is 31.8 Å². The van der Waals surface area contributed by atoms with Gasteiger partial charge in [-0.15, -0.1) is 0 Å². The van der Waals surface area contributed by atoms with Crippen LogP contribution in [0.15, 0.2) is 24.3 Å². The molecule has 0 aliphatic heterocycles. The van der Waals surface area contributed by atoms with Crippen LogP contribution >= 0.6 is 22.6 Å². The summed E-state index contributed by atoms with van der Waals surface area (Å²) in [7, 11) is -2.79. The van der Waals surface area contributed by atoms with E-state index in [2.05, 4.69) is 10.0 Å². The second-order valence-electron chi connectivity index (χ2n) is 7.00. The van der Waals surface area contributed by atoms with E-state index < -0.39 is 57.2 Å². The van der Waals surface area contributed by atoms with Crippen LogP contribution in [-0.2, 0) is 10.0 Å². The second-order valence-corrected chi connectivity index (χ2v) is 10.2. The molecule has 0 bridgehead atoms. The number of aliphatic hydroxyl groups excluding tert-OH is 2. The fourth-order valence-corrected chi connectivity index (χ4v) is 5.06. The normalized spacial score (nSPS) is 16.1. The van der Waals surface area contributed by atoms with E-state index in [1.54, 1.807) is 0 Å². The first kappa shape index (κ1) is 24.0. The Morgan fingerprint density at radius 1 is 1.23 bits per heavy atom. The number of hydrogen-bond acceptors (Lipinski definition) is 6. The Morgan fingerprint density at radius 3 is 2.45 bits per heavy atom. The number of anilines is 2. The van der Waals surface area contributed by atoms with Crippen LogP contribution in [0.2, 0.25) is 0 Å². The van der Waals surface area contributed by atoms with Crippen LogP contribution in [0.4, 0.5) is 24.5 Å². The van der Waals surface area contributed by atoms with Crippen LogP contribution in [0.1, 0.15) is 24.4 Å². The zero-order chi connectivity index (χ0) is 22.9. The maximum Gasteiger partial charge on any atom is 0.215 e. The quantitative estimate of drug-likeness (QED) is 0.345. The molecule has 0 aromatic heterocycles. The number of methoxy groups -OCH3 is 1. The van der Waals surface area contributed by atoms with Crippen molar-refractivity contribution >= 4 is 44.0 Å².